The van der Waals surface area contributed by atoms with Crippen molar-refractivity contribution in [2.45, 2.75) is 18.9 Å². The van der Waals surface area contributed by atoms with Crippen LogP contribution in [-0.4, -0.2) is 44.9 Å². The van der Waals surface area contributed by atoms with Crippen molar-refractivity contribution in [3.05, 3.63) is 62.6 Å². The Balaban J connectivity index is 1.89. The Kier molecular flexibility index (Phi) is 6.60. The molecule has 4 rings (SSSR count). The number of esters is 1. The van der Waals surface area contributed by atoms with Crippen LogP contribution in [0.1, 0.15) is 22.8 Å². The van der Waals surface area contributed by atoms with E-state index in [4.69, 9.17) is 18.9 Å². The van der Waals surface area contributed by atoms with E-state index in [0.717, 1.165) is 16.9 Å². The normalized spacial score (nSPS) is 15.0. The predicted octanol–water partition coefficient (Wildman–Crippen LogP) is 3.31. The topological polar surface area (TPSA) is 96.3 Å². The first-order valence-electron chi connectivity index (χ1n) is 10.4. The molecule has 3 aromatic rings. The summed E-state index contributed by atoms with van der Waals surface area (Å²) < 4.78 is 22.1. The lowest BCUT2D eigenvalue weighted by atomic mass is 9.90. The highest BCUT2D eigenvalue weighted by molar-refractivity contribution is 7.10. The number of ether oxygens (including phenoxy) is 4. The molecule has 1 amide bonds. The summed E-state index contributed by atoms with van der Waals surface area (Å²) in [4.78, 5) is 40.4. The van der Waals surface area contributed by atoms with Gasteiger partial charge in [-0.15, -0.1) is 0 Å². The number of benzene rings is 2. The Bertz CT molecular complexity index is 1280. The maximum Gasteiger partial charge on any atom is 0.325 e. The first-order valence-corrected chi connectivity index (χ1v) is 11.2. The van der Waals surface area contributed by atoms with Crippen LogP contribution in [0.2, 0.25) is 0 Å². The van der Waals surface area contributed by atoms with E-state index in [2.05, 4.69) is 0 Å². The average molecular weight is 485 g/mol. The van der Waals surface area contributed by atoms with Gasteiger partial charge in [0.1, 0.15) is 18.1 Å². The molecule has 1 atom stereocenters. The van der Waals surface area contributed by atoms with E-state index >= 15 is 0 Å². The van der Waals surface area contributed by atoms with Crippen molar-refractivity contribution in [3.8, 4) is 17.2 Å². The van der Waals surface area contributed by atoms with Crippen LogP contribution in [0.5, 0.6) is 17.2 Å². The van der Waals surface area contributed by atoms with Crippen LogP contribution < -0.4 is 24.0 Å². The van der Waals surface area contributed by atoms with Crippen molar-refractivity contribution in [2.24, 2.45) is 0 Å². The molecule has 10 heteroatoms. The third-order valence-corrected chi connectivity index (χ3v) is 6.79. The van der Waals surface area contributed by atoms with Gasteiger partial charge in [0.05, 0.1) is 39.0 Å². The largest absolute Gasteiger partial charge is 0.497 e. The fraction of sp³-hybridized carbons (Fsp3) is 0.292. The van der Waals surface area contributed by atoms with E-state index in [1.165, 1.54) is 23.7 Å². The zero-order chi connectivity index (χ0) is 24.4. The SMILES string of the molecule is COC(=O)Cn1c2c(sc1=O)C(c1ccc(OC)c(OC)c1)CC(=O)N2c1ccc(OC)cc1. The molecule has 0 spiro atoms. The molecule has 0 fully saturated rings. The summed E-state index contributed by atoms with van der Waals surface area (Å²) >= 11 is 1.01. The molecule has 2 heterocycles. The summed E-state index contributed by atoms with van der Waals surface area (Å²) in [6.45, 7) is -0.306. The molecule has 1 aliphatic rings. The van der Waals surface area contributed by atoms with Gasteiger partial charge in [-0.05, 0) is 42.0 Å². The van der Waals surface area contributed by atoms with Gasteiger partial charge in [0.2, 0.25) is 5.91 Å². The van der Waals surface area contributed by atoms with Gasteiger partial charge in [-0.1, -0.05) is 17.4 Å². The number of amides is 1. The molecule has 0 saturated carbocycles. The molecule has 1 aliphatic heterocycles. The lowest BCUT2D eigenvalue weighted by molar-refractivity contribution is -0.141. The van der Waals surface area contributed by atoms with Crippen molar-refractivity contribution >= 4 is 34.7 Å². The summed E-state index contributed by atoms with van der Waals surface area (Å²) in [5, 5.41) is 0. The minimum atomic E-state index is -0.585. The van der Waals surface area contributed by atoms with Crippen molar-refractivity contribution in [2.75, 3.05) is 33.3 Å². The number of anilines is 2. The van der Waals surface area contributed by atoms with Crippen LogP contribution >= 0.6 is 11.3 Å². The van der Waals surface area contributed by atoms with Gasteiger partial charge < -0.3 is 18.9 Å². The fourth-order valence-corrected chi connectivity index (χ4v) is 5.12. The average Bonchev–Trinajstić information content (AvgIpc) is 3.18. The number of carbonyl (C=O) groups is 2. The highest BCUT2D eigenvalue weighted by atomic mass is 32.1. The predicted molar refractivity (Wildman–Crippen MR) is 127 cm³/mol. The van der Waals surface area contributed by atoms with Gasteiger partial charge in [0.15, 0.2) is 11.5 Å². The molecule has 0 saturated heterocycles. The Labute approximate surface area is 200 Å². The molecule has 0 N–H and O–H groups in total. The minimum absolute atomic E-state index is 0.132. The highest BCUT2D eigenvalue weighted by Crippen LogP contribution is 2.46. The van der Waals surface area contributed by atoms with Crippen molar-refractivity contribution < 1.29 is 28.5 Å². The number of hydrogen-bond donors (Lipinski definition) is 0. The molecular weight excluding hydrogens is 460 g/mol. The Morgan fingerprint density at radius 1 is 0.971 bits per heavy atom. The summed E-state index contributed by atoms with van der Waals surface area (Å²) in [5.41, 5.74) is 1.36. The molecule has 34 heavy (non-hydrogen) atoms. The molecule has 0 radical (unpaired) electrons. The van der Waals surface area contributed by atoms with Crippen molar-refractivity contribution in [1.82, 2.24) is 4.57 Å². The number of aromatic nitrogens is 1. The number of nitrogens with zero attached hydrogens (tertiary/aromatic N) is 2. The second kappa shape index (κ2) is 9.60. The van der Waals surface area contributed by atoms with Crippen LogP contribution in [0.3, 0.4) is 0 Å². The fourth-order valence-electron chi connectivity index (χ4n) is 4.02. The van der Waals surface area contributed by atoms with E-state index in [1.807, 2.05) is 6.07 Å². The molecule has 0 bridgehead atoms. The van der Waals surface area contributed by atoms with Crippen molar-refractivity contribution in [3.63, 3.8) is 0 Å². The van der Waals surface area contributed by atoms with Crippen molar-refractivity contribution in [1.29, 1.82) is 0 Å². The summed E-state index contributed by atoms with van der Waals surface area (Å²) in [7, 11) is 5.89. The van der Waals surface area contributed by atoms with Crippen LogP contribution in [0.4, 0.5) is 11.5 Å². The minimum Gasteiger partial charge on any atom is -0.497 e. The molecule has 2 aromatic carbocycles. The standard InChI is InChI=1S/C24H24N2O7S/c1-30-16-8-6-15(7-9-16)26-20(27)12-17(14-5-10-18(31-2)19(11-14)32-3)22-23(26)25(24(29)34-22)13-21(28)33-4/h5-11,17H,12-13H2,1-4H3. The lowest BCUT2D eigenvalue weighted by Crippen LogP contribution is -2.36. The lowest BCUT2D eigenvalue weighted by Gasteiger charge is -2.32. The van der Waals surface area contributed by atoms with E-state index in [9.17, 15) is 14.4 Å². The molecular formula is C24H24N2O7S. The number of methoxy groups -OCH3 is 4. The van der Waals surface area contributed by atoms with Gasteiger partial charge >= 0.3 is 10.8 Å². The molecule has 9 nitrogen and oxygen atoms in total. The number of thiazole rings is 1. The maximum absolute atomic E-state index is 13.5. The van der Waals surface area contributed by atoms with Gasteiger partial charge in [-0.2, -0.15) is 0 Å². The quantitative estimate of drug-likeness (QED) is 0.475. The number of rotatable bonds is 7. The van der Waals surface area contributed by atoms with Crippen LogP contribution in [0, 0.1) is 0 Å². The van der Waals surface area contributed by atoms with Gasteiger partial charge in [0.25, 0.3) is 0 Å². The zero-order valence-corrected chi connectivity index (χ0v) is 20.0. The smallest absolute Gasteiger partial charge is 0.325 e. The summed E-state index contributed by atoms with van der Waals surface area (Å²) in [6, 6.07) is 12.4. The van der Waals surface area contributed by atoms with E-state index in [1.54, 1.807) is 50.6 Å². The monoisotopic (exact) mass is 484 g/mol. The molecule has 178 valence electrons. The van der Waals surface area contributed by atoms with E-state index in [0.29, 0.717) is 33.6 Å². The summed E-state index contributed by atoms with van der Waals surface area (Å²) in [6.07, 6.45) is 0.132. The first kappa shape index (κ1) is 23.4. The molecule has 1 aromatic heterocycles. The zero-order valence-electron chi connectivity index (χ0n) is 19.2. The molecule has 0 aliphatic carbocycles. The third kappa shape index (κ3) is 4.12. The van der Waals surface area contributed by atoms with Crippen LogP contribution in [0.25, 0.3) is 0 Å². The number of fused-ring (bicyclic) bond motifs is 1. The van der Waals surface area contributed by atoms with Gasteiger partial charge in [0, 0.05) is 12.3 Å². The number of carbonyl (C=O) groups excluding carboxylic acids is 2. The Morgan fingerprint density at radius 2 is 1.68 bits per heavy atom. The second-order valence-corrected chi connectivity index (χ2v) is 8.51. The highest BCUT2D eigenvalue weighted by Gasteiger charge is 2.38. The van der Waals surface area contributed by atoms with Crippen LogP contribution in [0.15, 0.2) is 47.3 Å². The van der Waals surface area contributed by atoms with E-state index in [-0.39, 0.29) is 23.7 Å². The van der Waals surface area contributed by atoms with Gasteiger partial charge in [-0.25, -0.2) is 0 Å². The van der Waals surface area contributed by atoms with Gasteiger partial charge in [-0.3, -0.25) is 23.9 Å². The summed E-state index contributed by atoms with van der Waals surface area (Å²) in [5.74, 6) is 0.883. The number of hydrogen-bond acceptors (Lipinski definition) is 8. The van der Waals surface area contributed by atoms with E-state index < -0.39 is 11.9 Å². The first-order chi connectivity index (χ1) is 16.4. The Hall–Kier alpha value is -3.79. The Morgan fingerprint density at radius 3 is 2.29 bits per heavy atom. The molecule has 1 unspecified atom stereocenters. The second-order valence-electron chi connectivity index (χ2n) is 7.52. The van der Waals surface area contributed by atoms with Crippen LogP contribution in [-0.2, 0) is 20.9 Å². The maximum atomic E-state index is 13.5. The third-order valence-electron chi connectivity index (χ3n) is 5.71.